The Bertz CT molecular complexity index is 1090. The third kappa shape index (κ3) is 3.98. The Morgan fingerprint density at radius 1 is 1.24 bits per heavy atom. The summed E-state index contributed by atoms with van der Waals surface area (Å²) in [6.45, 7) is 12.2. The first-order valence-electron chi connectivity index (χ1n) is 14.8. The van der Waals surface area contributed by atoms with Gasteiger partial charge in [-0.05, 0) is 95.7 Å². The van der Waals surface area contributed by atoms with Gasteiger partial charge in [0.25, 0.3) is 0 Å². The molecule has 0 aromatic heterocycles. The fourth-order valence-electron chi connectivity index (χ4n) is 8.38. The smallest absolute Gasteiger partial charge is 0.323 e. The van der Waals surface area contributed by atoms with Gasteiger partial charge >= 0.3 is 5.97 Å². The number of hydrogen-bond donors (Lipinski definition) is 2. The second-order valence-electron chi connectivity index (χ2n) is 14.0. The molecule has 0 radical (unpaired) electrons. The summed E-state index contributed by atoms with van der Waals surface area (Å²) in [5.74, 6) is 1.79. The van der Waals surface area contributed by atoms with E-state index in [1.54, 1.807) is 6.07 Å². The largest absolute Gasteiger partial charge is 0.504 e. The van der Waals surface area contributed by atoms with Gasteiger partial charge in [-0.3, -0.25) is 15.0 Å². The summed E-state index contributed by atoms with van der Waals surface area (Å²) >= 11 is 0. The molecule has 3 fully saturated rings. The van der Waals surface area contributed by atoms with Crippen molar-refractivity contribution in [2.75, 3.05) is 20.2 Å². The highest BCUT2D eigenvalue weighted by Gasteiger charge is 2.74. The maximum Gasteiger partial charge on any atom is 0.323 e. The van der Waals surface area contributed by atoms with Gasteiger partial charge in [0.05, 0.1) is 11.0 Å². The number of benzene rings is 1. The first-order chi connectivity index (χ1) is 18.0. The Hall–Kier alpha value is -1.83. The molecule has 210 valence electrons. The topological polar surface area (TPSA) is 80.3 Å². The Labute approximate surface area is 227 Å². The molecular weight excluding hydrogens is 480 g/mol. The van der Waals surface area contributed by atoms with E-state index in [1.165, 1.54) is 18.4 Å². The quantitative estimate of drug-likeness (QED) is 0.488. The molecule has 7 nitrogen and oxygen atoms in total. The molecule has 1 aromatic rings. The second kappa shape index (κ2) is 9.10. The van der Waals surface area contributed by atoms with E-state index in [0.717, 1.165) is 50.3 Å². The van der Waals surface area contributed by atoms with Gasteiger partial charge in [0.15, 0.2) is 11.5 Å². The van der Waals surface area contributed by atoms with Crippen LogP contribution in [0.1, 0.15) is 84.3 Å². The number of carbonyl (C=O) groups excluding carboxylic acids is 1. The maximum absolute atomic E-state index is 13.3. The average Bonchev–Trinajstić information content (AvgIpc) is 3.58. The Morgan fingerprint density at radius 2 is 2.00 bits per heavy atom. The van der Waals surface area contributed by atoms with Crippen LogP contribution in [0.4, 0.5) is 0 Å². The first kappa shape index (κ1) is 26.4. The van der Waals surface area contributed by atoms with Crippen molar-refractivity contribution in [2.45, 2.75) is 120 Å². The molecule has 2 unspecified atom stereocenters. The van der Waals surface area contributed by atoms with Gasteiger partial charge in [-0.2, -0.15) is 0 Å². The molecule has 1 aromatic carbocycles. The van der Waals surface area contributed by atoms with Crippen molar-refractivity contribution in [2.24, 2.45) is 11.8 Å². The molecule has 6 atom stereocenters. The van der Waals surface area contributed by atoms with E-state index in [0.29, 0.717) is 18.1 Å². The monoisotopic (exact) mass is 526 g/mol. The number of piperidine rings is 1. The van der Waals surface area contributed by atoms with Crippen molar-refractivity contribution < 1.29 is 24.1 Å². The molecular formula is C31H46N2O5. The summed E-state index contributed by atoms with van der Waals surface area (Å²) < 4.78 is 19.3. The predicted molar refractivity (Wildman–Crippen MR) is 146 cm³/mol. The van der Waals surface area contributed by atoms with E-state index in [9.17, 15) is 9.90 Å². The van der Waals surface area contributed by atoms with Crippen LogP contribution in [0, 0.1) is 11.8 Å². The number of likely N-dealkylation sites (tertiary alicyclic amines) is 1. The van der Waals surface area contributed by atoms with Crippen LogP contribution in [0.3, 0.4) is 0 Å². The molecule has 2 heterocycles. The molecule has 6 rings (SSSR count). The van der Waals surface area contributed by atoms with Gasteiger partial charge in [0, 0.05) is 31.3 Å². The summed E-state index contributed by atoms with van der Waals surface area (Å²) in [6.07, 6.45) is 6.73. The lowest BCUT2D eigenvalue weighted by atomic mass is 9.48. The molecule has 2 N–H and O–H groups in total. The minimum atomic E-state index is -0.545. The standard InChI is InChI=1S/C31H46N2O5/c1-18(2)15-22(28(35)38-29(3,4)5)32-21-11-12-31(36-6)24-16-20-9-10-23(34)26-25(20)30(31,27(21)37-26)13-14-33(24)17-19-7-8-19/h9-10,18-19,21-22,24,27,32,34H,7-8,11-17H2,1-6H3/t21?,22-,24?,27-,30-,31+/m0/s1. The van der Waals surface area contributed by atoms with E-state index in [4.69, 9.17) is 14.2 Å². The molecule has 2 bridgehead atoms. The molecule has 1 saturated heterocycles. The molecule has 2 saturated carbocycles. The summed E-state index contributed by atoms with van der Waals surface area (Å²) in [5.41, 5.74) is 1.16. The molecule has 3 aliphatic carbocycles. The number of phenolic OH excluding ortho intramolecular Hbond substituents is 1. The first-order valence-corrected chi connectivity index (χ1v) is 14.8. The highest BCUT2D eigenvalue weighted by molar-refractivity contribution is 5.76. The Morgan fingerprint density at radius 3 is 2.66 bits per heavy atom. The number of esters is 1. The molecule has 0 amide bonds. The summed E-state index contributed by atoms with van der Waals surface area (Å²) in [7, 11) is 1.88. The van der Waals surface area contributed by atoms with Crippen molar-refractivity contribution in [1.29, 1.82) is 0 Å². The van der Waals surface area contributed by atoms with Crippen LogP contribution >= 0.6 is 0 Å². The Balaban J connectivity index is 1.39. The van der Waals surface area contributed by atoms with Gasteiger partial charge in [0.2, 0.25) is 0 Å². The molecule has 7 heteroatoms. The van der Waals surface area contributed by atoms with Gasteiger partial charge in [0.1, 0.15) is 17.7 Å². The third-order valence-electron chi connectivity index (χ3n) is 9.90. The van der Waals surface area contributed by atoms with Crippen LogP contribution in [0.15, 0.2) is 12.1 Å². The van der Waals surface area contributed by atoms with Crippen LogP contribution in [0.25, 0.3) is 0 Å². The number of phenols is 1. The zero-order valence-electron chi connectivity index (χ0n) is 24.0. The van der Waals surface area contributed by atoms with Crippen molar-refractivity contribution in [1.82, 2.24) is 10.2 Å². The van der Waals surface area contributed by atoms with Crippen LogP contribution in [0.5, 0.6) is 11.5 Å². The fraction of sp³-hybridized carbons (Fsp3) is 0.774. The molecule has 38 heavy (non-hydrogen) atoms. The van der Waals surface area contributed by atoms with E-state index in [-0.39, 0.29) is 40.9 Å². The van der Waals surface area contributed by atoms with Crippen LogP contribution in [0.2, 0.25) is 0 Å². The summed E-state index contributed by atoms with van der Waals surface area (Å²) in [4.78, 5) is 16.1. The lowest BCUT2D eigenvalue weighted by Crippen LogP contribution is -2.79. The second-order valence-corrected chi connectivity index (χ2v) is 14.0. The summed E-state index contributed by atoms with van der Waals surface area (Å²) in [5, 5.41) is 14.7. The minimum absolute atomic E-state index is 0.0528. The van der Waals surface area contributed by atoms with Gasteiger partial charge in [-0.1, -0.05) is 19.9 Å². The van der Waals surface area contributed by atoms with Crippen LogP contribution < -0.4 is 10.1 Å². The highest BCUT2D eigenvalue weighted by Crippen LogP contribution is 2.66. The number of aromatic hydroxyl groups is 1. The minimum Gasteiger partial charge on any atom is -0.504 e. The lowest BCUT2D eigenvalue weighted by Gasteiger charge is -2.66. The van der Waals surface area contributed by atoms with E-state index in [1.807, 2.05) is 27.9 Å². The van der Waals surface area contributed by atoms with Gasteiger partial charge < -0.3 is 19.3 Å². The molecule has 1 spiro atoms. The highest BCUT2D eigenvalue weighted by atomic mass is 16.6. The number of ether oxygens (including phenoxy) is 3. The SMILES string of the molecule is CO[C@@]12CCC(N[C@@H](CC(C)C)C(=O)OC(C)(C)C)[C@@H]3Oc4c(O)ccc5c4[C@@]31CCN(CC1CC1)C2C5. The molecule has 2 aliphatic heterocycles. The zero-order valence-corrected chi connectivity index (χ0v) is 24.0. The third-order valence-corrected chi connectivity index (χ3v) is 9.90. The lowest BCUT2D eigenvalue weighted by molar-refractivity contribution is -0.208. The number of nitrogens with one attached hydrogen (secondary N) is 1. The number of rotatable bonds is 8. The van der Waals surface area contributed by atoms with Crippen LogP contribution in [-0.2, 0) is 26.1 Å². The zero-order chi connectivity index (χ0) is 27.0. The van der Waals surface area contributed by atoms with Gasteiger partial charge in [-0.15, -0.1) is 0 Å². The average molecular weight is 527 g/mol. The fourth-order valence-corrected chi connectivity index (χ4v) is 8.38. The number of methoxy groups -OCH3 is 1. The number of hydrogen-bond acceptors (Lipinski definition) is 7. The van der Waals surface area contributed by atoms with Crippen molar-refractivity contribution in [3.8, 4) is 11.5 Å². The maximum atomic E-state index is 13.3. The van der Waals surface area contributed by atoms with E-state index < -0.39 is 11.6 Å². The van der Waals surface area contributed by atoms with E-state index >= 15 is 0 Å². The summed E-state index contributed by atoms with van der Waals surface area (Å²) in [6, 6.07) is 3.72. The number of nitrogens with zero attached hydrogens (tertiary/aromatic N) is 1. The van der Waals surface area contributed by atoms with Crippen molar-refractivity contribution >= 4 is 5.97 Å². The normalized spacial score (nSPS) is 34.6. The van der Waals surface area contributed by atoms with Crippen molar-refractivity contribution in [3.63, 3.8) is 0 Å². The predicted octanol–water partition coefficient (Wildman–Crippen LogP) is 4.33. The molecule has 5 aliphatic rings. The van der Waals surface area contributed by atoms with Crippen molar-refractivity contribution in [3.05, 3.63) is 23.3 Å². The van der Waals surface area contributed by atoms with Gasteiger partial charge in [-0.25, -0.2) is 0 Å². The number of carbonyl (C=O) groups is 1. The van der Waals surface area contributed by atoms with E-state index in [2.05, 4.69) is 30.1 Å². The van der Waals surface area contributed by atoms with Crippen LogP contribution in [-0.4, -0.2) is 71.6 Å². The Kier molecular flexibility index (Phi) is 6.32.